The number of methoxy groups -OCH3 is 1. The fourth-order valence-electron chi connectivity index (χ4n) is 3.55. The Morgan fingerprint density at radius 3 is 3.04 bits per heavy atom. The highest BCUT2D eigenvalue weighted by molar-refractivity contribution is 14.0. The molecule has 0 bridgehead atoms. The van der Waals surface area contributed by atoms with Gasteiger partial charge < -0.3 is 19.9 Å². The van der Waals surface area contributed by atoms with Crippen LogP contribution in [0.3, 0.4) is 0 Å². The molecular weight excluding hydrogens is 427 g/mol. The Morgan fingerprint density at radius 2 is 2.28 bits per heavy atom. The minimum Gasteiger partial charge on any atom is -0.384 e. The highest BCUT2D eigenvalue weighted by Gasteiger charge is 2.24. The molecule has 0 spiro atoms. The number of aromatic nitrogens is 1. The molecule has 0 aliphatic carbocycles. The summed E-state index contributed by atoms with van der Waals surface area (Å²) in [4.78, 5) is 10.1. The molecule has 0 saturated carbocycles. The van der Waals surface area contributed by atoms with Crippen LogP contribution in [-0.2, 0) is 11.2 Å². The molecule has 2 aromatic rings. The average Bonchev–Trinajstić information content (AvgIpc) is 3.19. The molecule has 1 fully saturated rings. The zero-order valence-corrected chi connectivity index (χ0v) is 17.7. The number of hydrogen-bond acceptors (Lipinski definition) is 2. The van der Waals surface area contributed by atoms with E-state index >= 15 is 0 Å². The standard InChI is InChI=1S/C19H28N4O.HI/c1-14-4-5-17-16(11-22-18(17)10-14)6-8-21-19(20-2)23-9-7-15(12-23)13-24-3;/h4-5,10-11,15,22H,6-9,12-13H2,1-3H3,(H,20,21);1H. The van der Waals surface area contributed by atoms with Crippen molar-refractivity contribution in [3.8, 4) is 0 Å². The number of hydrogen-bond donors (Lipinski definition) is 2. The molecule has 1 aliphatic heterocycles. The summed E-state index contributed by atoms with van der Waals surface area (Å²) in [5.74, 6) is 1.62. The lowest BCUT2D eigenvalue weighted by atomic mass is 10.1. The van der Waals surface area contributed by atoms with E-state index in [-0.39, 0.29) is 24.0 Å². The van der Waals surface area contributed by atoms with Gasteiger partial charge in [-0.1, -0.05) is 12.1 Å². The topological polar surface area (TPSA) is 52.7 Å². The van der Waals surface area contributed by atoms with Gasteiger partial charge in [-0.3, -0.25) is 4.99 Å². The number of likely N-dealkylation sites (tertiary alicyclic amines) is 1. The molecular formula is C19H29IN4O. The Bertz CT molecular complexity index is 713. The average molecular weight is 456 g/mol. The van der Waals surface area contributed by atoms with Gasteiger partial charge in [0.2, 0.25) is 0 Å². The van der Waals surface area contributed by atoms with E-state index in [1.807, 2.05) is 7.05 Å². The predicted octanol–water partition coefficient (Wildman–Crippen LogP) is 3.18. The minimum atomic E-state index is 0. The summed E-state index contributed by atoms with van der Waals surface area (Å²) in [7, 11) is 3.64. The van der Waals surface area contributed by atoms with Crippen LogP contribution < -0.4 is 5.32 Å². The number of guanidine groups is 1. The lowest BCUT2D eigenvalue weighted by molar-refractivity contribution is 0.157. The van der Waals surface area contributed by atoms with Crippen molar-refractivity contribution < 1.29 is 4.74 Å². The highest BCUT2D eigenvalue weighted by Crippen LogP contribution is 2.20. The molecule has 25 heavy (non-hydrogen) atoms. The first-order chi connectivity index (χ1) is 11.7. The molecule has 1 unspecified atom stereocenters. The number of aryl methyl sites for hydroxylation is 1. The van der Waals surface area contributed by atoms with Gasteiger partial charge >= 0.3 is 0 Å². The van der Waals surface area contributed by atoms with Crippen molar-refractivity contribution in [1.29, 1.82) is 0 Å². The normalized spacial score (nSPS) is 17.8. The third-order valence-corrected chi connectivity index (χ3v) is 4.80. The third-order valence-electron chi connectivity index (χ3n) is 4.80. The maximum absolute atomic E-state index is 5.28. The number of halogens is 1. The number of nitrogens with zero attached hydrogens (tertiary/aromatic N) is 2. The van der Waals surface area contributed by atoms with E-state index in [0.29, 0.717) is 5.92 Å². The van der Waals surface area contributed by atoms with E-state index in [2.05, 4.69) is 51.5 Å². The summed E-state index contributed by atoms with van der Waals surface area (Å²) in [5, 5.41) is 4.83. The number of benzene rings is 1. The van der Waals surface area contributed by atoms with E-state index in [4.69, 9.17) is 4.74 Å². The maximum atomic E-state index is 5.28. The number of aliphatic imine (C=N–C) groups is 1. The van der Waals surface area contributed by atoms with Crippen LogP contribution in [0, 0.1) is 12.8 Å². The molecule has 5 nitrogen and oxygen atoms in total. The summed E-state index contributed by atoms with van der Waals surface area (Å²) in [6, 6.07) is 6.58. The van der Waals surface area contributed by atoms with Crippen molar-refractivity contribution in [3.63, 3.8) is 0 Å². The molecule has 0 radical (unpaired) electrons. The Kier molecular flexibility index (Phi) is 7.56. The second-order valence-corrected chi connectivity index (χ2v) is 6.64. The van der Waals surface area contributed by atoms with Crippen molar-refractivity contribution >= 4 is 40.8 Å². The Labute approximate surface area is 167 Å². The van der Waals surface area contributed by atoms with Crippen LogP contribution in [0.15, 0.2) is 29.4 Å². The summed E-state index contributed by atoms with van der Waals surface area (Å²) in [6.07, 6.45) is 4.28. The van der Waals surface area contributed by atoms with Crippen LogP contribution in [0.1, 0.15) is 17.5 Å². The molecule has 2 N–H and O–H groups in total. The van der Waals surface area contributed by atoms with Crippen LogP contribution >= 0.6 is 24.0 Å². The Balaban J connectivity index is 0.00000225. The lowest BCUT2D eigenvalue weighted by Gasteiger charge is -2.21. The minimum absolute atomic E-state index is 0. The van der Waals surface area contributed by atoms with Gasteiger partial charge in [-0.05, 0) is 37.0 Å². The van der Waals surface area contributed by atoms with Crippen LogP contribution in [0.25, 0.3) is 10.9 Å². The van der Waals surface area contributed by atoms with E-state index < -0.39 is 0 Å². The summed E-state index contributed by atoms with van der Waals surface area (Å²) in [5.41, 5.74) is 3.86. The molecule has 1 aromatic carbocycles. The number of rotatable bonds is 5. The van der Waals surface area contributed by atoms with Crippen LogP contribution in [-0.4, -0.2) is 56.2 Å². The smallest absolute Gasteiger partial charge is 0.193 e. The number of H-pyrrole nitrogens is 1. The van der Waals surface area contributed by atoms with Gasteiger partial charge in [0.05, 0.1) is 6.61 Å². The second-order valence-electron chi connectivity index (χ2n) is 6.64. The SMILES string of the molecule is CN=C(NCCc1c[nH]c2cc(C)ccc12)N1CCC(COC)C1.I. The number of ether oxygens (including phenoxy) is 1. The first kappa shape index (κ1) is 20.0. The fraction of sp³-hybridized carbons (Fsp3) is 0.526. The van der Waals surface area contributed by atoms with Crippen molar-refractivity contribution in [3.05, 3.63) is 35.5 Å². The van der Waals surface area contributed by atoms with Gasteiger partial charge in [0.25, 0.3) is 0 Å². The van der Waals surface area contributed by atoms with Crippen LogP contribution in [0.2, 0.25) is 0 Å². The largest absolute Gasteiger partial charge is 0.384 e. The van der Waals surface area contributed by atoms with Gasteiger partial charge in [0, 0.05) is 56.8 Å². The molecule has 2 heterocycles. The van der Waals surface area contributed by atoms with Crippen LogP contribution in [0.4, 0.5) is 0 Å². The molecule has 6 heteroatoms. The Hall–Kier alpha value is -1.28. The number of aromatic amines is 1. The van der Waals surface area contributed by atoms with Gasteiger partial charge in [-0.2, -0.15) is 0 Å². The van der Waals surface area contributed by atoms with Crippen molar-refractivity contribution in [1.82, 2.24) is 15.2 Å². The fourth-order valence-corrected chi connectivity index (χ4v) is 3.55. The first-order valence-corrected chi connectivity index (χ1v) is 8.72. The van der Waals surface area contributed by atoms with E-state index in [1.54, 1.807) is 7.11 Å². The molecule has 1 saturated heterocycles. The summed E-state index contributed by atoms with van der Waals surface area (Å²) in [6.45, 7) is 5.93. The van der Waals surface area contributed by atoms with Crippen molar-refractivity contribution in [2.45, 2.75) is 19.8 Å². The lowest BCUT2D eigenvalue weighted by Crippen LogP contribution is -2.41. The monoisotopic (exact) mass is 456 g/mol. The third kappa shape index (κ3) is 4.88. The van der Waals surface area contributed by atoms with Gasteiger partial charge in [0.15, 0.2) is 5.96 Å². The van der Waals surface area contributed by atoms with Crippen LogP contribution in [0.5, 0.6) is 0 Å². The molecule has 1 atom stereocenters. The predicted molar refractivity (Wildman–Crippen MR) is 115 cm³/mol. The quantitative estimate of drug-likeness (QED) is 0.413. The van der Waals surface area contributed by atoms with Gasteiger partial charge in [0.1, 0.15) is 0 Å². The maximum Gasteiger partial charge on any atom is 0.193 e. The van der Waals surface area contributed by atoms with E-state index in [0.717, 1.165) is 38.6 Å². The molecule has 0 amide bonds. The summed E-state index contributed by atoms with van der Waals surface area (Å²) >= 11 is 0. The second kappa shape index (κ2) is 9.43. The molecule has 1 aliphatic rings. The summed E-state index contributed by atoms with van der Waals surface area (Å²) < 4.78 is 5.28. The highest BCUT2D eigenvalue weighted by atomic mass is 127. The number of fused-ring (bicyclic) bond motifs is 1. The molecule has 138 valence electrons. The number of nitrogens with one attached hydrogen (secondary N) is 2. The van der Waals surface area contributed by atoms with E-state index in [1.165, 1.54) is 28.5 Å². The van der Waals surface area contributed by atoms with Gasteiger partial charge in [-0.15, -0.1) is 24.0 Å². The Morgan fingerprint density at radius 1 is 1.44 bits per heavy atom. The van der Waals surface area contributed by atoms with Crippen molar-refractivity contribution in [2.75, 3.05) is 40.4 Å². The first-order valence-electron chi connectivity index (χ1n) is 8.72. The van der Waals surface area contributed by atoms with E-state index in [9.17, 15) is 0 Å². The zero-order valence-electron chi connectivity index (χ0n) is 15.3. The van der Waals surface area contributed by atoms with Gasteiger partial charge in [-0.25, -0.2) is 0 Å². The van der Waals surface area contributed by atoms with Crippen molar-refractivity contribution in [2.24, 2.45) is 10.9 Å². The molecule has 3 rings (SSSR count). The zero-order chi connectivity index (χ0) is 16.9. The molecule has 1 aromatic heterocycles.